The average molecular weight is 692 g/mol. The smallest absolute Gasteiger partial charge is 0.127 e. The second-order valence-electron chi connectivity index (χ2n) is 14.4. The van der Waals surface area contributed by atoms with Crippen LogP contribution in [-0.4, -0.2) is 13.7 Å². The van der Waals surface area contributed by atoms with E-state index in [9.17, 15) is 0 Å². The van der Waals surface area contributed by atoms with Crippen molar-refractivity contribution in [2.24, 2.45) is 11.8 Å². The Bertz CT molecular complexity index is 1880. The first kappa shape index (κ1) is 38.2. The van der Waals surface area contributed by atoms with Crippen LogP contribution >= 0.6 is 0 Å². The van der Waals surface area contributed by atoms with E-state index in [0.717, 1.165) is 64.0 Å². The van der Waals surface area contributed by atoms with Gasteiger partial charge in [0.05, 0.1) is 13.7 Å². The second-order valence-corrected chi connectivity index (χ2v) is 14.4. The number of anilines is 3. The summed E-state index contributed by atoms with van der Waals surface area (Å²) in [4.78, 5) is 2.31. The lowest BCUT2D eigenvalue weighted by molar-refractivity contribution is 0.275. The van der Waals surface area contributed by atoms with Crippen LogP contribution in [0.25, 0.3) is 29.4 Å². The van der Waals surface area contributed by atoms with E-state index in [0.29, 0.717) is 12.5 Å². The second kappa shape index (κ2) is 19.0. The molecular formula is C49H57NO2. The zero-order valence-electron chi connectivity index (χ0n) is 32.4. The lowest BCUT2D eigenvalue weighted by Gasteiger charge is -2.26. The van der Waals surface area contributed by atoms with Crippen LogP contribution in [0, 0.1) is 18.8 Å². The predicted molar refractivity (Wildman–Crippen MR) is 225 cm³/mol. The monoisotopic (exact) mass is 691 g/mol. The highest BCUT2D eigenvalue weighted by Crippen LogP contribution is 2.37. The van der Waals surface area contributed by atoms with Crippen LogP contribution in [0.4, 0.5) is 17.1 Å². The molecule has 0 saturated heterocycles. The maximum Gasteiger partial charge on any atom is 0.127 e. The number of methoxy groups -OCH3 is 1. The first-order valence-corrected chi connectivity index (χ1v) is 19.1. The molecule has 5 aromatic rings. The number of allylic oxidation sites excluding steroid dienone is 1. The van der Waals surface area contributed by atoms with Gasteiger partial charge in [-0.1, -0.05) is 137 Å². The Labute approximate surface area is 313 Å². The fraction of sp³-hybridized carbons (Fsp3) is 0.306. The van der Waals surface area contributed by atoms with Gasteiger partial charge in [-0.2, -0.15) is 0 Å². The Morgan fingerprint density at radius 1 is 0.635 bits per heavy atom. The Kier molecular flexibility index (Phi) is 14.0. The van der Waals surface area contributed by atoms with E-state index in [1.807, 2.05) is 13.0 Å². The Balaban J connectivity index is 1.35. The van der Waals surface area contributed by atoms with Crippen molar-refractivity contribution >= 4 is 35.3 Å². The van der Waals surface area contributed by atoms with Gasteiger partial charge in [0.2, 0.25) is 0 Å². The van der Waals surface area contributed by atoms with Crippen LogP contribution in [0.3, 0.4) is 0 Å². The summed E-state index contributed by atoms with van der Waals surface area (Å²) in [5.74, 6) is 3.13. The van der Waals surface area contributed by atoms with Gasteiger partial charge in [-0.3, -0.25) is 0 Å². The van der Waals surface area contributed by atoms with Crippen LogP contribution in [0.5, 0.6) is 11.5 Å². The number of hydrogen-bond acceptors (Lipinski definition) is 3. The first-order chi connectivity index (χ1) is 25.3. The molecule has 0 bridgehead atoms. The molecule has 270 valence electrons. The van der Waals surface area contributed by atoms with Crippen molar-refractivity contribution in [3.05, 3.63) is 143 Å². The Morgan fingerprint density at radius 2 is 1.19 bits per heavy atom. The van der Waals surface area contributed by atoms with E-state index >= 15 is 0 Å². The zero-order chi connectivity index (χ0) is 36.9. The van der Waals surface area contributed by atoms with Gasteiger partial charge in [-0.15, -0.1) is 0 Å². The van der Waals surface area contributed by atoms with Gasteiger partial charge in [-0.05, 0) is 109 Å². The van der Waals surface area contributed by atoms with Gasteiger partial charge >= 0.3 is 0 Å². The molecule has 0 N–H and O–H groups in total. The highest BCUT2D eigenvalue weighted by molar-refractivity contribution is 5.80. The van der Waals surface area contributed by atoms with Gasteiger partial charge in [0, 0.05) is 28.2 Å². The Morgan fingerprint density at radius 3 is 1.77 bits per heavy atom. The molecule has 0 aliphatic carbocycles. The molecule has 3 nitrogen and oxygen atoms in total. The lowest BCUT2D eigenvalue weighted by Crippen LogP contribution is -2.09. The minimum Gasteiger partial charge on any atom is -0.496 e. The SMILES string of the molecule is CC=Cc1cc(OC)c(C=Cc2ccc(N(c3ccc(C)cc3)c3ccc(-c4ccc(CC)cc4)cc3)cc2)cc1OCCC(C)CCCC(C)C. The van der Waals surface area contributed by atoms with E-state index in [4.69, 9.17) is 9.47 Å². The maximum absolute atomic E-state index is 6.41. The van der Waals surface area contributed by atoms with E-state index in [2.05, 4.69) is 167 Å². The van der Waals surface area contributed by atoms with Crippen LogP contribution in [0.1, 0.15) is 88.1 Å². The van der Waals surface area contributed by atoms with E-state index in [1.165, 1.54) is 41.5 Å². The van der Waals surface area contributed by atoms with Crippen molar-refractivity contribution in [1.82, 2.24) is 0 Å². The molecule has 0 aliphatic heterocycles. The molecule has 0 amide bonds. The molecule has 0 spiro atoms. The summed E-state index contributed by atoms with van der Waals surface area (Å²) in [5.41, 5.74) is 11.5. The zero-order valence-corrected chi connectivity index (χ0v) is 32.4. The first-order valence-electron chi connectivity index (χ1n) is 19.1. The summed E-state index contributed by atoms with van der Waals surface area (Å²) in [6.45, 7) is 14.0. The molecule has 0 saturated carbocycles. The van der Waals surface area contributed by atoms with E-state index in [-0.39, 0.29) is 0 Å². The summed E-state index contributed by atoms with van der Waals surface area (Å²) >= 11 is 0. The number of benzene rings is 5. The summed E-state index contributed by atoms with van der Waals surface area (Å²) in [5, 5.41) is 0. The van der Waals surface area contributed by atoms with Crippen molar-refractivity contribution in [1.29, 1.82) is 0 Å². The largest absolute Gasteiger partial charge is 0.496 e. The summed E-state index contributed by atoms with van der Waals surface area (Å²) in [6, 6.07) is 39.4. The number of nitrogens with zero attached hydrogens (tertiary/aromatic N) is 1. The standard InChI is InChI=1S/C49H57NO2/c1-8-11-43-34-48(51-7)44(35-49(43)52-33-32-37(5)13-10-12-36(3)4)23-18-40-19-28-46(29-20-40)50(45-26-14-38(6)15-27-45)47-30-24-42(25-31-47)41-21-16-39(9-2)17-22-41/h8,11,14-31,34-37H,9-10,12-13,32-33H2,1-7H3. The van der Waals surface area contributed by atoms with Crippen molar-refractivity contribution < 1.29 is 9.47 Å². The quantitative estimate of drug-likeness (QED) is 0.0906. The average Bonchev–Trinajstić information content (AvgIpc) is 3.16. The molecule has 0 radical (unpaired) electrons. The molecule has 1 atom stereocenters. The third-order valence-corrected chi connectivity index (χ3v) is 9.77. The molecule has 0 heterocycles. The van der Waals surface area contributed by atoms with Crippen molar-refractivity contribution in [2.45, 2.75) is 73.6 Å². The maximum atomic E-state index is 6.41. The number of ether oxygens (including phenoxy) is 2. The minimum atomic E-state index is 0.647. The molecule has 52 heavy (non-hydrogen) atoms. The lowest BCUT2D eigenvalue weighted by atomic mass is 9.98. The van der Waals surface area contributed by atoms with Crippen molar-refractivity contribution in [3.63, 3.8) is 0 Å². The molecule has 0 aromatic heterocycles. The molecular weight excluding hydrogens is 635 g/mol. The fourth-order valence-corrected chi connectivity index (χ4v) is 6.52. The van der Waals surface area contributed by atoms with Crippen LogP contribution < -0.4 is 14.4 Å². The van der Waals surface area contributed by atoms with Gasteiger partial charge in [0.15, 0.2) is 0 Å². The van der Waals surface area contributed by atoms with Gasteiger partial charge < -0.3 is 14.4 Å². The van der Waals surface area contributed by atoms with Crippen LogP contribution in [0.15, 0.2) is 115 Å². The van der Waals surface area contributed by atoms with Gasteiger partial charge in [-0.25, -0.2) is 0 Å². The summed E-state index contributed by atoms with van der Waals surface area (Å²) in [6.07, 6.45) is 14.3. The third-order valence-electron chi connectivity index (χ3n) is 9.77. The molecule has 0 aliphatic rings. The van der Waals surface area contributed by atoms with Gasteiger partial charge in [0.25, 0.3) is 0 Å². The molecule has 5 aromatic carbocycles. The van der Waals surface area contributed by atoms with E-state index < -0.39 is 0 Å². The van der Waals surface area contributed by atoms with Crippen LogP contribution in [-0.2, 0) is 6.42 Å². The Hall–Kier alpha value is -5.02. The van der Waals surface area contributed by atoms with Crippen molar-refractivity contribution in [3.8, 4) is 22.6 Å². The predicted octanol–water partition coefficient (Wildman–Crippen LogP) is 14.1. The fourth-order valence-electron chi connectivity index (χ4n) is 6.52. The minimum absolute atomic E-state index is 0.647. The highest BCUT2D eigenvalue weighted by Gasteiger charge is 2.14. The van der Waals surface area contributed by atoms with Crippen molar-refractivity contribution in [2.75, 3.05) is 18.6 Å². The number of aryl methyl sites for hydroxylation is 2. The molecule has 3 heteroatoms. The highest BCUT2D eigenvalue weighted by atomic mass is 16.5. The topological polar surface area (TPSA) is 21.7 Å². The van der Waals surface area contributed by atoms with Crippen LogP contribution in [0.2, 0.25) is 0 Å². The normalized spacial score (nSPS) is 12.2. The molecule has 1 unspecified atom stereocenters. The van der Waals surface area contributed by atoms with Gasteiger partial charge in [0.1, 0.15) is 11.5 Å². The molecule has 5 rings (SSSR count). The third kappa shape index (κ3) is 10.5. The summed E-state index contributed by atoms with van der Waals surface area (Å²) in [7, 11) is 1.73. The number of rotatable bonds is 17. The van der Waals surface area contributed by atoms with E-state index in [1.54, 1.807) is 7.11 Å². The summed E-state index contributed by atoms with van der Waals surface area (Å²) < 4.78 is 12.2. The number of hydrogen-bond donors (Lipinski definition) is 0. The molecule has 0 fully saturated rings.